The zero-order valence-electron chi connectivity index (χ0n) is 23.8. The van der Waals surface area contributed by atoms with Gasteiger partial charge in [-0.05, 0) is 20.3 Å². The second-order valence-corrected chi connectivity index (χ2v) is 11.3. The Morgan fingerprint density at radius 3 is 1.86 bits per heavy atom. The molecule has 0 aromatic carbocycles. The van der Waals surface area contributed by atoms with Crippen molar-refractivity contribution in [2.45, 2.75) is 124 Å². The van der Waals surface area contributed by atoms with Crippen molar-refractivity contribution in [1.29, 1.82) is 0 Å². The van der Waals surface area contributed by atoms with Crippen LogP contribution < -0.4 is 33.6 Å². The van der Waals surface area contributed by atoms with Gasteiger partial charge in [-0.1, -0.05) is 0 Å². The number of carbonyl (C=O) groups excluding carboxylic acids is 2. The minimum absolute atomic E-state index is 0.00578. The fraction of sp³-hybridized carbons (Fsp3) is 0.917. The van der Waals surface area contributed by atoms with Gasteiger partial charge in [-0.15, -0.1) is 0 Å². The van der Waals surface area contributed by atoms with Gasteiger partial charge in [0.2, 0.25) is 11.8 Å². The monoisotopic (exact) mass is 626 g/mol. The Bertz CT molecular complexity index is 936. The molecule has 3 aliphatic rings. The number of ether oxygens (including phenoxy) is 4. The van der Waals surface area contributed by atoms with E-state index in [-0.39, 0.29) is 13.0 Å². The van der Waals surface area contributed by atoms with Crippen molar-refractivity contribution in [3.63, 3.8) is 0 Å². The van der Waals surface area contributed by atoms with Crippen LogP contribution in [0.4, 0.5) is 0 Å². The molecule has 3 rings (SSSR count). The Balaban J connectivity index is 1.67. The fourth-order valence-corrected chi connectivity index (χ4v) is 5.14. The minimum atomic E-state index is -1.81. The van der Waals surface area contributed by atoms with E-state index in [1.165, 1.54) is 13.8 Å². The fourth-order valence-electron chi connectivity index (χ4n) is 5.14. The minimum Gasteiger partial charge on any atom is -0.394 e. The van der Waals surface area contributed by atoms with Crippen LogP contribution in [-0.2, 0) is 28.5 Å². The highest BCUT2D eigenvalue weighted by atomic mass is 16.7. The summed E-state index contributed by atoms with van der Waals surface area (Å²) in [5.41, 5.74) is 23.6. The molecular weight excluding hydrogens is 580 g/mol. The van der Waals surface area contributed by atoms with E-state index in [0.717, 1.165) is 0 Å². The molecule has 17 atom stereocenters. The molecule has 1 aliphatic carbocycles. The SMILES string of the molecule is C[C@H](N)C(=O)N[C@@H](C)C(=O)NC[C@H]1O[C@H](O[C@H]2[C@H](O)[C@@H](O[C@H]3O[C@H](CO)[C@@H](O)[C@H](N)[C@H]3O)[C@H](N)C[C@@H]2N)[C@H](O)[C@@H](O)[C@@H]1O. The van der Waals surface area contributed by atoms with Crippen LogP contribution in [0.1, 0.15) is 20.3 Å². The Labute approximate surface area is 247 Å². The molecule has 0 unspecified atom stereocenters. The van der Waals surface area contributed by atoms with Crippen LogP contribution in [-0.4, -0.2) is 165 Å². The highest BCUT2D eigenvalue weighted by Crippen LogP contribution is 2.31. The first-order valence-corrected chi connectivity index (χ1v) is 14.0. The highest BCUT2D eigenvalue weighted by Gasteiger charge is 2.51. The van der Waals surface area contributed by atoms with Crippen LogP contribution in [0.3, 0.4) is 0 Å². The summed E-state index contributed by atoms with van der Waals surface area (Å²) in [5.74, 6) is -1.21. The summed E-state index contributed by atoms with van der Waals surface area (Å²) >= 11 is 0. The quantitative estimate of drug-likeness (QED) is 0.107. The van der Waals surface area contributed by atoms with Gasteiger partial charge in [0.05, 0.1) is 18.7 Å². The Hall–Kier alpha value is -1.66. The van der Waals surface area contributed by atoms with Gasteiger partial charge in [0.1, 0.15) is 67.1 Å². The Kier molecular flexibility index (Phi) is 12.6. The Morgan fingerprint density at radius 1 is 0.791 bits per heavy atom. The van der Waals surface area contributed by atoms with Crippen LogP contribution in [0, 0.1) is 0 Å². The summed E-state index contributed by atoms with van der Waals surface area (Å²) in [5, 5.41) is 77.5. The molecular formula is C24H46N6O13. The van der Waals surface area contributed by atoms with Gasteiger partial charge in [-0.25, -0.2) is 0 Å². The van der Waals surface area contributed by atoms with E-state index in [9.17, 15) is 45.3 Å². The van der Waals surface area contributed by atoms with Crippen molar-refractivity contribution in [2.75, 3.05) is 13.2 Å². The van der Waals surface area contributed by atoms with Crippen LogP contribution in [0.2, 0.25) is 0 Å². The van der Waals surface area contributed by atoms with E-state index in [4.69, 9.17) is 41.9 Å². The summed E-state index contributed by atoms with van der Waals surface area (Å²) in [7, 11) is 0. The van der Waals surface area contributed by atoms with Crippen molar-refractivity contribution >= 4 is 11.8 Å². The largest absolute Gasteiger partial charge is 0.394 e. The maximum atomic E-state index is 12.4. The smallest absolute Gasteiger partial charge is 0.242 e. The molecule has 19 nitrogen and oxygen atoms in total. The lowest BCUT2D eigenvalue weighted by Crippen LogP contribution is -2.68. The number of hydrogen-bond acceptors (Lipinski definition) is 17. The standard InChI is InChI=1S/C24H46N6O13/c1-6(25)21(38)30-7(2)22(39)29-4-10-14(33)16(35)17(36)24(40-10)43-20-9(27)3-8(26)19(18(20)37)42-23-15(34)12(28)13(32)11(5-31)41-23/h6-20,23-24,31-37H,3-5,25-28H2,1-2H3,(H,29,39)(H,30,38)/t6-,7-,8+,9-,10+,11+,12-,13+,14+,15+,16-,17+,18+,19-,20+,23+,24+/m0/s1. The molecule has 3 fully saturated rings. The number of nitrogens with two attached hydrogens (primary N) is 4. The zero-order chi connectivity index (χ0) is 32.3. The molecule has 43 heavy (non-hydrogen) atoms. The number of carbonyl (C=O) groups is 2. The maximum absolute atomic E-state index is 12.4. The molecule has 0 bridgehead atoms. The summed E-state index contributed by atoms with van der Waals surface area (Å²) < 4.78 is 22.6. The summed E-state index contributed by atoms with van der Waals surface area (Å²) in [4.78, 5) is 24.2. The lowest BCUT2D eigenvalue weighted by atomic mass is 9.84. The zero-order valence-corrected chi connectivity index (χ0v) is 23.8. The van der Waals surface area contributed by atoms with Crippen molar-refractivity contribution in [2.24, 2.45) is 22.9 Å². The van der Waals surface area contributed by atoms with E-state index in [1.54, 1.807) is 0 Å². The Morgan fingerprint density at radius 2 is 1.33 bits per heavy atom. The first-order valence-electron chi connectivity index (χ1n) is 14.0. The lowest BCUT2D eigenvalue weighted by molar-refractivity contribution is -0.332. The molecule has 2 aliphatic heterocycles. The van der Waals surface area contributed by atoms with Gasteiger partial charge in [0.15, 0.2) is 12.6 Å². The van der Waals surface area contributed by atoms with Crippen molar-refractivity contribution < 1.29 is 64.3 Å². The first-order chi connectivity index (χ1) is 20.1. The molecule has 19 heteroatoms. The molecule has 2 amide bonds. The lowest BCUT2D eigenvalue weighted by Gasteiger charge is -2.48. The van der Waals surface area contributed by atoms with Gasteiger partial charge in [-0.3, -0.25) is 9.59 Å². The number of aliphatic hydroxyl groups excluding tert-OH is 7. The molecule has 0 aromatic heterocycles. The third kappa shape index (κ3) is 8.14. The molecule has 17 N–H and O–H groups in total. The summed E-state index contributed by atoms with van der Waals surface area (Å²) in [6.07, 6.45) is -18.1. The topological polar surface area (TPSA) is 341 Å². The number of hydrogen-bond donors (Lipinski definition) is 13. The van der Waals surface area contributed by atoms with Gasteiger partial charge < -0.3 is 88.3 Å². The normalized spacial score (nSPS) is 45.2. The van der Waals surface area contributed by atoms with Crippen molar-refractivity contribution in [3.8, 4) is 0 Å². The number of rotatable bonds is 10. The third-order valence-electron chi connectivity index (χ3n) is 7.89. The first kappa shape index (κ1) is 35.8. The van der Waals surface area contributed by atoms with Gasteiger partial charge >= 0.3 is 0 Å². The van der Waals surface area contributed by atoms with Crippen LogP contribution in [0.25, 0.3) is 0 Å². The van der Waals surface area contributed by atoms with E-state index >= 15 is 0 Å². The van der Waals surface area contributed by atoms with Gasteiger partial charge in [0, 0.05) is 18.6 Å². The number of aliphatic hydroxyl groups is 7. The van der Waals surface area contributed by atoms with Crippen molar-refractivity contribution in [3.05, 3.63) is 0 Å². The highest BCUT2D eigenvalue weighted by molar-refractivity contribution is 5.89. The molecule has 2 heterocycles. The van der Waals surface area contributed by atoms with E-state index < -0.39 is 122 Å². The average molecular weight is 627 g/mol. The number of amides is 2. The molecule has 1 saturated carbocycles. The van der Waals surface area contributed by atoms with Crippen LogP contribution in [0.5, 0.6) is 0 Å². The van der Waals surface area contributed by atoms with E-state index in [1.807, 2.05) is 0 Å². The molecule has 0 spiro atoms. The third-order valence-corrected chi connectivity index (χ3v) is 7.89. The molecule has 2 saturated heterocycles. The predicted octanol–water partition coefficient (Wildman–Crippen LogP) is -8.28. The molecule has 0 aromatic rings. The van der Waals surface area contributed by atoms with Gasteiger partial charge in [0.25, 0.3) is 0 Å². The molecule has 0 radical (unpaired) electrons. The second-order valence-electron chi connectivity index (χ2n) is 11.3. The number of nitrogens with one attached hydrogen (secondary N) is 2. The van der Waals surface area contributed by atoms with E-state index in [2.05, 4.69) is 10.6 Å². The summed E-state index contributed by atoms with van der Waals surface area (Å²) in [6, 6.07) is -4.94. The summed E-state index contributed by atoms with van der Waals surface area (Å²) in [6.45, 7) is 1.85. The van der Waals surface area contributed by atoms with Crippen LogP contribution >= 0.6 is 0 Å². The maximum Gasteiger partial charge on any atom is 0.242 e. The van der Waals surface area contributed by atoms with Crippen molar-refractivity contribution in [1.82, 2.24) is 10.6 Å². The van der Waals surface area contributed by atoms with Gasteiger partial charge in [-0.2, -0.15) is 0 Å². The average Bonchev–Trinajstić information content (AvgIpc) is 2.96. The second kappa shape index (κ2) is 15.1. The van der Waals surface area contributed by atoms with Crippen LogP contribution in [0.15, 0.2) is 0 Å². The van der Waals surface area contributed by atoms with E-state index in [0.29, 0.717) is 0 Å². The predicted molar refractivity (Wildman–Crippen MR) is 143 cm³/mol. The molecule has 250 valence electrons.